The van der Waals surface area contributed by atoms with Crippen molar-refractivity contribution in [2.45, 2.75) is 0 Å². The quantitative estimate of drug-likeness (QED) is 0.612. The van der Waals surface area contributed by atoms with Crippen molar-refractivity contribution in [3.63, 3.8) is 0 Å². The molecule has 0 aromatic carbocycles. The first-order chi connectivity index (χ1) is 10.4. The minimum absolute atomic E-state index is 0.129. The zero-order valence-electron chi connectivity index (χ0n) is 11.8. The van der Waals surface area contributed by atoms with E-state index in [-0.39, 0.29) is 11.6 Å². The van der Waals surface area contributed by atoms with Crippen LogP contribution in [-0.4, -0.2) is 44.4 Å². The first kappa shape index (κ1) is 15.4. The van der Waals surface area contributed by atoms with Crippen LogP contribution in [-0.2, 0) is 18.8 Å². The Balaban J connectivity index is 2.20. The zero-order valence-corrected chi connectivity index (χ0v) is 11.8. The zero-order chi connectivity index (χ0) is 16.3. The molecule has 0 saturated heterocycles. The maximum atomic E-state index is 12.2. The third-order valence-corrected chi connectivity index (χ3v) is 2.82. The summed E-state index contributed by atoms with van der Waals surface area (Å²) in [6.07, 6.45) is 4.06. The molecule has 0 unspecified atom stereocenters. The minimum atomic E-state index is -1.19. The Hall–Kier alpha value is -3.04. The molecular formula is C12H12BN5O4. The second-order valence-corrected chi connectivity index (χ2v) is 4.43. The third-order valence-electron chi connectivity index (χ3n) is 2.82. The van der Waals surface area contributed by atoms with Crippen LogP contribution in [0.4, 0.5) is 11.5 Å². The second-order valence-electron chi connectivity index (χ2n) is 4.43. The van der Waals surface area contributed by atoms with E-state index in [4.69, 9.17) is 5.11 Å². The standard InChI is InChI=1S/C12H12BN5O4/c1-17-4-7(14-6-13-22)3-8(17)11(19)16-9-5-18(2)10(15-9)12(20)21/h3-6H,1-2H3,(H,16,19)(H,20,21). The summed E-state index contributed by atoms with van der Waals surface area (Å²) in [5, 5.41) is 11.4. The molecule has 2 N–H and O–H groups in total. The molecule has 0 atom stereocenters. The SMILES string of the molecule is Cn1cc(N=CB=O)cc1C(=O)Nc1cn(C)c(C(=O)O)n1. The fourth-order valence-electron chi connectivity index (χ4n) is 1.87. The van der Waals surface area contributed by atoms with Crippen LogP contribution in [0.15, 0.2) is 23.5 Å². The van der Waals surface area contributed by atoms with Crippen molar-refractivity contribution in [3.05, 3.63) is 30.0 Å². The molecule has 0 aliphatic heterocycles. The normalized spacial score (nSPS) is 10.6. The predicted molar refractivity (Wildman–Crippen MR) is 78.1 cm³/mol. The number of carboxylic acid groups (broad SMARTS) is 1. The van der Waals surface area contributed by atoms with Gasteiger partial charge in [0.2, 0.25) is 0 Å². The summed E-state index contributed by atoms with van der Waals surface area (Å²) < 4.78 is 13.1. The van der Waals surface area contributed by atoms with Gasteiger partial charge in [0.25, 0.3) is 0 Å². The Morgan fingerprint density at radius 1 is 1.36 bits per heavy atom. The molecule has 2 heterocycles. The second kappa shape index (κ2) is 6.16. The van der Waals surface area contributed by atoms with Crippen LogP contribution >= 0.6 is 0 Å². The van der Waals surface area contributed by atoms with Crippen molar-refractivity contribution in [2.24, 2.45) is 19.1 Å². The van der Waals surface area contributed by atoms with Crippen LogP contribution in [0.1, 0.15) is 21.1 Å². The molecule has 0 radical (unpaired) electrons. The molecule has 1 amide bonds. The Morgan fingerprint density at radius 3 is 2.68 bits per heavy atom. The molecule has 0 fully saturated rings. The van der Waals surface area contributed by atoms with Crippen LogP contribution in [0, 0.1) is 0 Å². The van der Waals surface area contributed by atoms with Gasteiger partial charge in [-0.2, -0.15) is 0 Å². The Bertz CT molecular complexity index is 777. The molecule has 2 aromatic rings. The van der Waals surface area contributed by atoms with Crippen molar-refractivity contribution in [3.8, 4) is 0 Å². The van der Waals surface area contributed by atoms with E-state index in [9.17, 15) is 14.3 Å². The first-order valence-electron chi connectivity index (χ1n) is 6.14. The number of aromatic nitrogens is 3. The van der Waals surface area contributed by atoms with E-state index in [0.29, 0.717) is 18.5 Å². The topological polar surface area (TPSA) is 119 Å². The van der Waals surface area contributed by atoms with Gasteiger partial charge in [0.05, 0.1) is 0 Å². The fourth-order valence-corrected chi connectivity index (χ4v) is 1.87. The first-order valence-corrected chi connectivity index (χ1v) is 6.14. The monoisotopic (exact) mass is 301 g/mol. The number of nitrogens with one attached hydrogen (secondary N) is 1. The van der Waals surface area contributed by atoms with Crippen LogP contribution < -0.4 is 5.32 Å². The summed E-state index contributed by atoms with van der Waals surface area (Å²) in [6, 6.07) is 1.50. The maximum absolute atomic E-state index is 12.2. The van der Waals surface area contributed by atoms with Crippen molar-refractivity contribution >= 4 is 36.6 Å². The number of rotatable bonds is 5. The molecule has 9 nitrogen and oxygen atoms in total. The van der Waals surface area contributed by atoms with Gasteiger partial charge >= 0.3 is 125 Å². The number of imidazole rings is 1. The summed E-state index contributed by atoms with van der Waals surface area (Å²) in [5.41, 5.74) is 0.743. The molecule has 0 aliphatic carbocycles. The van der Waals surface area contributed by atoms with Crippen LogP contribution in [0.3, 0.4) is 0 Å². The Labute approximate surface area is 125 Å². The number of amides is 1. The Morgan fingerprint density at radius 2 is 2.09 bits per heavy atom. The average molecular weight is 301 g/mol. The van der Waals surface area contributed by atoms with Gasteiger partial charge in [-0.3, -0.25) is 0 Å². The van der Waals surface area contributed by atoms with E-state index in [1.165, 1.54) is 28.4 Å². The summed E-state index contributed by atoms with van der Waals surface area (Å²) in [6.45, 7) is 0. The number of anilines is 1. The molecule has 22 heavy (non-hydrogen) atoms. The predicted octanol–water partition coefficient (Wildman–Crippen LogP) is 0.419. The van der Waals surface area contributed by atoms with Gasteiger partial charge in [-0.25, -0.2) is 0 Å². The van der Waals surface area contributed by atoms with E-state index in [0.717, 1.165) is 6.11 Å². The van der Waals surface area contributed by atoms with Gasteiger partial charge < -0.3 is 0 Å². The van der Waals surface area contributed by atoms with Crippen molar-refractivity contribution in [2.75, 3.05) is 5.32 Å². The van der Waals surface area contributed by atoms with Crippen molar-refractivity contribution in [1.82, 2.24) is 14.1 Å². The number of hydrogen-bond donors (Lipinski definition) is 2. The molecule has 0 aliphatic rings. The number of nitrogens with zero attached hydrogens (tertiary/aromatic N) is 4. The average Bonchev–Trinajstić information content (AvgIpc) is 2.99. The van der Waals surface area contributed by atoms with Gasteiger partial charge in [0.15, 0.2) is 0 Å². The van der Waals surface area contributed by atoms with E-state index in [2.05, 4.69) is 15.3 Å². The number of hydrogen-bond acceptors (Lipinski definition) is 5. The van der Waals surface area contributed by atoms with Gasteiger partial charge in [0, 0.05) is 0 Å². The van der Waals surface area contributed by atoms with Crippen LogP contribution in [0.5, 0.6) is 0 Å². The summed E-state index contributed by atoms with van der Waals surface area (Å²) >= 11 is 0. The summed E-state index contributed by atoms with van der Waals surface area (Å²) in [7, 11) is 3.70. The van der Waals surface area contributed by atoms with E-state index < -0.39 is 11.9 Å². The van der Waals surface area contributed by atoms with Gasteiger partial charge in [-0.1, -0.05) is 0 Å². The third kappa shape index (κ3) is 3.16. The van der Waals surface area contributed by atoms with Gasteiger partial charge in [0.1, 0.15) is 0 Å². The van der Waals surface area contributed by atoms with Gasteiger partial charge in [-0.15, -0.1) is 0 Å². The molecule has 112 valence electrons. The van der Waals surface area contributed by atoms with Crippen molar-refractivity contribution in [1.29, 1.82) is 0 Å². The van der Waals surface area contributed by atoms with Gasteiger partial charge in [-0.05, 0) is 0 Å². The molecule has 2 rings (SSSR count). The van der Waals surface area contributed by atoms with E-state index >= 15 is 0 Å². The van der Waals surface area contributed by atoms with E-state index in [1.54, 1.807) is 13.2 Å². The van der Waals surface area contributed by atoms with E-state index in [1.807, 2.05) is 0 Å². The summed E-state index contributed by atoms with van der Waals surface area (Å²) in [5.74, 6) is -1.71. The van der Waals surface area contributed by atoms with Crippen LogP contribution in [0.2, 0.25) is 0 Å². The molecular weight excluding hydrogens is 289 g/mol. The molecule has 10 heteroatoms. The molecule has 2 aromatic heterocycles. The molecule has 0 saturated carbocycles. The Kier molecular flexibility index (Phi) is 4.30. The number of carboxylic acids is 1. The van der Waals surface area contributed by atoms with Crippen LogP contribution in [0.25, 0.3) is 0 Å². The van der Waals surface area contributed by atoms with Crippen molar-refractivity contribution < 1.29 is 19.4 Å². The number of carbonyl (C=O) groups excluding carboxylic acids is 1. The number of aromatic carboxylic acids is 1. The molecule has 0 spiro atoms. The number of aryl methyl sites for hydroxylation is 2. The number of carbonyl (C=O) groups is 2. The fraction of sp³-hybridized carbons (Fsp3) is 0.167. The molecule has 0 bridgehead atoms. The number of aliphatic imine (C=N–C) groups is 1. The summed E-state index contributed by atoms with van der Waals surface area (Å²) in [4.78, 5) is 30.7.